The number of hydrogen-bond donors (Lipinski definition) is 1. The van der Waals surface area contributed by atoms with E-state index >= 15 is 0 Å². The maximum atomic E-state index is 12.9. The number of nitrogens with zero attached hydrogens (tertiary/aromatic N) is 3. The zero-order valence-electron chi connectivity index (χ0n) is 15.0. The van der Waals surface area contributed by atoms with Gasteiger partial charge in [-0.2, -0.15) is 0 Å². The molecule has 2 heterocycles. The molecule has 0 amide bonds. The van der Waals surface area contributed by atoms with E-state index in [2.05, 4.69) is 14.9 Å². The molecule has 8 nitrogen and oxygen atoms in total. The lowest BCUT2D eigenvalue weighted by atomic mass is 10.3. The summed E-state index contributed by atoms with van der Waals surface area (Å²) in [5, 5.41) is 8.53. The molecule has 0 unspecified atom stereocenters. The summed E-state index contributed by atoms with van der Waals surface area (Å²) < 4.78 is 41.5. The van der Waals surface area contributed by atoms with Crippen molar-refractivity contribution in [1.82, 2.24) is 14.8 Å². The van der Waals surface area contributed by atoms with Gasteiger partial charge < -0.3 is 14.0 Å². The van der Waals surface area contributed by atoms with Crippen LogP contribution in [0, 0.1) is 0 Å². The van der Waals surface area contributed by atoms with E-state index in [1.165, 1.54) is 23.9 Å². The third-order valence-electron chi connectivity index (χ3n) is 4.03. The van der Waals surface area contributed by atoms with Crippen molar-refractivity contribution >= 4 is 27.5 Å². The van der Waals surface area contributed by atoms with Crippen LogP contribution in [-0.2, 0) is 17.1 Å². The molecule has 0 saturated carbocycles. The molecule has 1 N–H and O–H groups in total. The molecule has 0 fully saturated rings. The normalized spacial score (nSPS) is 13.8. The highest BCUT2D eigenvalue weighted by Crippen LogP contribution is 2.35. The number of ether oxygens (including phenoxy) is 2. The van der Waals surface area contributed by atoms with Crippen LogP contribution in [-0.4, -0.2) is 36.4 Å². The van der Waals surface area contributed by atoms with Crippen LogP contribution in [0.3, 0.4) is 0 Å². The number of hydrogen-bond acceptors (Lipinski definition) is 7. The van der Waals surface area contributed by atoms with E-state index in [1.54, 1.807) is 29.1 Å². The summed E-state index contributed by atoms with van der Waals surface area (Å²) in [6.45, 7) is 1.03. The van der Waals surface area contributed by atoms with E-state index in [0.717, 1.165) is 11.3 Å². The molecule has 0 bridgehead atoms. The van der Waals surface area contributed by atoms with Crippen LogP contribution in [0.2, 0.25) is 0 Å². The maximum Gasteiger partial charge on any atom is 0.262 e. The highest BCUT2D eigenvalue weighted by atomic mass is 32.2. The van der Waals surface area contributed by atoms with E-state index in [0.29, 0.717) is 35.6 Å². The molecule has 0 saturated heterocycles. The summed E-state index contributed by atoms with van der Waals surface area (Å²) in [6.07, 6.45) is 2.34. The first-order valence-electron chi connectivity index (χ1n) is 8.56. The van der Waals surface area contributed by atoms with Gasteiger partial charge in [0.25, 0.3) is 10.0 Å². The molecule has 1 aromatic heterocycles. The summed E-state index contributed by atoms with van der Waals surface area (Å²) in [7, 11) is -1.99. The van der Waals surface area contributed by atoms with Crippen molar-refractivity contribution in [3.05, 3.63) is 48.8 Å². The van der Waals surface area contributed by atoms with Crippen LogP contribution in [0.1, 0.15) is 6.42 Å². The molecule has 1 aliphatic rings. The molecule has 2 aromatic carbocycles. The largest absolute Gasteiger partial charge is 0.490 e. The summed E-state index contributed by atoms with van der Waals surface area (Å²) in [5.41, 5.74) is 0.461. The first-order valence-corrected chi connectivity index (χ1v) is 10.9. The Morgan fingerprint density at radius 3 is 2.68 bits per heavy atom. The van der Waals surface area contributed by atoms with Gasteiger partial charge in [0.2, 0.25) is 0 Å². The molecule has 10 heteroatoms. The van der Waals surface area contributed by atoms with Crippen LogP contribution < -0.4 is 14.2 Å². The predicted octanol–water partition coefficient (Wildman–Crippen LogP) is 2.93. The van der Waals surface area contributed by atoms with Crippen LogP contribution in [0.15, 0.2) is 63.7 Å². The van der Waals surface area contributed by atoms with Gasteiger partial charge in [-0.25, -0.2) is 8.42 Å². The maximum absolute atomic E-state index is 12.9. The number of benzene rings is 2. The molecule has 0 spiro atoms. The molecule has 1 aliphatic heterocycles. The number of aromatic nitrogens is 3. The Morgan fingerprint density at radius 2 is 1.89 bits per heavy atom. The third kappa shape index (κ3) is 3.92. The van der Waals surface area contributed by atoms with E-state index in [1.807, 2.05) is 19.2 Å². The molecule has 28 heavy (non-hydrogen) atoms. The smallest absolute Gasteiger partial charge is 0.262 e. The van der Waals surface area contributed by atoms with E-state index in [9.17, 15) is 8.42 Å². The van der Waals surface area contributed by atoms with Gasteiger partial charge in [-0.15, -0.1) is 10.2 Å². The van der Waals surface area contributed by atoms with Gasteiger partial charge in [0.05, 0.1) is 23.8 Å². The summed E-state index contributed by atoms with van der Waals surface area (Å²) in [6, 6.07) is 11.8. The highest BCUT2D eigenvalue weighted by molar-refractivity contribution is 7.99. The quantitative estimate of drug-likeness (QED) is 0.681. The van der Waals surface area contributed by atoms with Crippen molar-refractivity contribution in [2.75, 3.05) is 17.9 Å². The average molecular weight is 419 g/mol. The van der Waals surface area contributed by atoms with Gasteiger partial charge in [0.1, 0.15) is 6.33 Å². The summed E-state index contributed by atoms with van der Waals surface area (Å²) in [4.78, 5) is 0.826. The fourth-order valence-corrected chi connectivity index (χ4v) is 4.63. The first kappa shape index (κ1) is 18.6. The zero-order chi connectivity index (χ0) is 19.6. The van der Waals surface area contributed by atoms with Crippen LogP contribution in [0.4, 0.5) is 5.69 Å². The van der Waals surface area contributed by atoms with Crippen LogP contribution >= 0.6 is 11.8 Å². The number of anilines is 1. The van der Waals surface area contributed by atoms with Gasteiger partial charge in [-0.3, -0.25) is 4.72 Å². The first-order chi connectivity index (χ1) is 13.5. The highest BCUT2D eigenvalue weighted by Gasteiger charge is 2.20. The van der Waals surface area contributed by atoms with Crippen molar-refractivity contribution in [2.24, 2.45) is 7.05 Å². The second-order valence-electron chi connectivity index (χ2n) is 6.09. The fraction of sp³-hybridized carbons (Fsp3) is 0.222. The molecule has 3 aromatic rings. The Bertz CT molecular complexity index is 1100. The van der Waals surface area contributed by atoms with Gasteiger partial charge in [-0.1, -0.05) is 12.1 Å². The van der Waals surface area contributed by atoms with E-state index in [-0.39, 0.29) is 4.90 Å². The number of para-hydroxylation sites is 1. The van der Waals surface area contributed by atoms with E-state index in [4.69, 9.17) is 9.47 Å². The van der Waals surface area contributed by atoms with Gasteiger partial charge >= 0.3 is 0 Å². The molecular formula is C18H18N4O4S2. The Balaban J connectivity index is 1.62. The minimum absolute atomic E-state index is 0.107. The third-order valence-corrected chi connectivity index (χ3v) is 6.52. The van der Waals surface area contributed by atoms with Crippen molar-refractivity contribution in [2.45, 2.75) is 21.4 Å². The number of sulfonamides is 1. The molecule has 146 valence electrons. The standard InChI is InChI=1S/C18H18N4O4S2/c1-22-12-19-20-18(22)27-17-6-3-2-5-14(17)21-28(23,24)13-7-8-15-16(11-13)26-10-4-9-25-15/h2-3,5-8,11-12,21H,4,9-10H2,1H3. The lowest BCUT2D eigenvalue weighted by molar-refractivity contribution is 0.297. The minimum Gasteiger partial charge on any atom is -0.490 e. The lowest BCUT2D eigenvalue weighted by Gasteiger charge is -2.13. The van der Waals surface area contributed by atoms with Crippen LogP contribution in [0.25, 0.3) is 0 Å². The Kier molecular flexibility index (Phi) is 5.14. The van der Waals surface area contributed by atoms with Gasteiger partial charge in [0, 0.05) is 24.4 Å². The molecule has 0 atom stereocenters. The summed E-state index contributed by atoms with van der Waals surface area (Å²) >= 11 is 1.33. The molecule has 0 radical (unpaired) electrons. The second-order valence-corrected chi connectivity index (χ2v) is 8.78. The number of rotatable bonds is 5. The average Bonchev–Trinajstić information content (AvgIpc) is 2.94. The number of nitrogens with one attached hydrogen (secondary N) is 1. The fourth-order valence-electron chi connectivity index (χ4n) is 2.62. The van der Waals surface area contributed by atoms with E-state index < -0.39 is 10.0 Å². The lowest BCUT2D eigenvalue weighted by Crippen LogP contribution is -2.13. The van der Waals surface area contributed by atoms with Gasteiger partial charge in [0.15, 0.2) is 16.7 Å². The number of fused-ring (bicyclic) bond motifs is 1. The van der Waals surface area contributed by atoms with Gasteiger partial charge in [-0.05, 0) is 36.0 Å². The minimum atomic E-state index is -3.81. The van der Waals surface area contributed by atoms with Crippen LogP contribution in [0.5, 0.6) is 11.5 Å². The second kappa shape index (κ2) is 7.72. The monoisotopic (exact) mass is 418 g/mol. The topological polar surface area (TPSA) is 95.3 Å². The Hall–Kier alpha value is -2.72. The SMILES string of the molecule is Cn1cnnc1Sc1ccccc1NS(=O)(=O)c1ccc2c(c1)OCCCO2. The molecular weight excluding hydrogens is 400 g/mol. The zero-order valence-corrected chi connectivity index (χ0v) is 16.7. The predicted molar refractivity (Wildman–Crippen MR) is 104 cm³/mol. The van der Waals surface area contributed by atoms with Crippen molar-refractivity contribution < 1.29 is 17.9 Å². The number of aryl methyl sites for hydroxylation is 1. The van der Waals surface area contributed by atoms with Crippen molar-refractivity contribution in [3.8, 4) is 11.5 Å². The van der Waals surface area contributed by atoms with Crippen molar-refractivity contribution in [1.29, 1.82) is 0 Å². The molecule has 4 rings (SSSR count). The summed E-state index contributed by atoms with van der Waals surface area (Å²) in [5.74, 6) is 0.983. The Labute approximate surface area is 166 Å². The molecule has 0 aliphatic carbocycles. The van der Waals surface area contributed by atoms with Crippen molar-refractivity contribution in [3.63, 3.8) is 0 Å². The Morgan fingerprint density at radius 1 is 1.11 bits per heavy atom.